The first-order valence-corrected chi connectivity index (χ1v) is 13.4. The standard InChI is InChI=1S/C25H29N3O4S2/c1-18-4-5-19(2)22(16-18)27-11-13-28(14-12-27)34(30,31)23-10-15-33-24(23)25(29)26-17-20-6-8-21(32-3)9-7-20/h4-10,15-16H,11-14,17H2,1-3H3,(H,26,29). The van der Waals surface area contributed by atoms with Crippen molar-refractivity contribution in [3.8, 4) is 5.75 Å². The third-order valence-corrected chi connectivity index (χ3v) is 8.99. The summed E-state index contributed by atoms with van der Waals surface area (Å²) in [4.78, 5) is 15.4. The number of thiophene rings is 1. The van der Waals surface area contributed by atoms with Gasteiger partial charge in [0.15, 0.2) is 0 Å². The van der Waals surface area contributed by atoms with Crippen LogP contribution in [0.25, 0.3) is 0 Å². The van der Waals surface area contributed by atoms with Gasteiger partial charge in [0.1, 0.15) is 15.5 Å². The summed E-state index contributed by atoms with van der Waals surface area (Å²) in [6.07, 6.45) is 0. The molecule has 0 unspecified atom stereocenters. The molecule has 2 heterocycles. The van der Waals surface area contributed by atoms with E-state index in [9.17, 15) is 13.2 Å². The Morgan fingerprint density at radius 2 is 1.74 bits per heavy atom. The van der Waals surface area contributed by atoms with E-state index < -0.39 is 15.9 Å². The second-order valence-electron chi connectivity index (χ2n) is 8.33. The number of benzene rings is 2. The zero-order chi connectivity index (χ0) is 24.3. The number of methoxy groups -OCH3 is 1. The van der Waals surface area contributed by atoms with Crippen LogP contribution in [0.1, 0.15) is 26.4 Å². The minimum atomic E-state index is -3.77. The minimum absolute atomic E-state index is 0.0740. The molecule has 0 aliphatic carbocycles. The third-order valence-electron chi connectivity index (χ3n) is 6.01. The first-order chi connectivity index (χ1) is 16.3. The summed E-state index contributed by atoms with van der Waals surface area (Å²) in [6, 6.07) is 15.2. The molecular formula is C25H29N3O4S2. The number of ether oxygens (including phenoxy) is 1. The van der Waals surface area contributed by atoms with Crippen LogP contribution in [0.3, 0.4) is 0 Å². The van der Waals surface area contributed by atoms with Crippen LogP contribution in [0.5, 0.6) is 5.75 Å². The molecule has 1 aliphatic heterocycles. The van der Waals surface area contributed by atoms with Crippen LogP contribution in [0.15, 0.2) is 58.8 Å². The molecule has 34 heavy (non-hydrogen) atoms. The zero-order valence-electron chi connectivity index (χ0n) is 19.6. The van der Waals surface area contributed by atoms with Crippen LogP contribution in [0.2, 0.25) is 0 Å². The molecule has 180 valence electrons. The zero-order valence-corrected chi connectivity index (χ0v) is 21.2. The van der Waals surface area contributed by atoms with Gasteiger partial charge in [-0.3, -0.25) is 4.79 Å². The molecule has 1 aromatic heterocycles. The molecule has 1 N–H and O–H groups in total. The third kappa shape index (κ3) is 5.11. The van der Waals surface area contributed by atoms with E-state index >= 15 is 0 Å². The Morgan fingerprint density at radius 3 is 2.41 bits per heavy atom. The lowest BCUT2D eigenvalue weighted by Gasteiger charge is -2.36. The maximum Gasteiger partial charge on any atom is 0.263 e. The molecule has 9 heteroatoms. The van der Waals surface area contributed by atoms with Crippen molar-refractivity contribution in [2.45, 2.75) is 25.3 Å². The fourth-order valence-corrected chi connectivity index (χ4v) is 6.78. The first-order valence-electron chi connectivity index (χ1n) is 11.1. The van der Waals surface area contributed by atoms with Gasteiger partial charge in [-0.2, -0.15) is 4.31 Å². The van der Waals surface area contributed by atoms with Gasteiger partial charge in [0.25, 0.3) is 5.91 Å². The second kappa shape index (κ2) is 10.2. The van der Waals surface area contributed by atoms with Gasteiger partial charge in [-0.15, -0.1) is 11.3 Å². The summed E-state index contributed by atoms with van der Waals surface area (Å²) in [7, 11) is -2.17. The van der Waals surface area contributed by atoms with Gasteiger partial charge in [0.2, 0.25) is 10.0 Å². The highest BCUT2D eigenvalue weighted by molar-refractivity contribution is 7.89. The van der Waals surface area contributed by atoms with Gasteiger partial charge in [-0.05, 0) is 60.2 Å². The number of carbonyl (C=O) groups excluding carboxylic acids is 1. The van der Waals surface area contributed by atoms with E-state index in [1.165, 1.54) is 21.5 Å². The number of anilines is 1. The quantitative estimate of drug-likeness (QED) is 0.535. The van der Waals surface area contributed by atoms with Crippen LogP contribution in [0, 0.1) is 13.8 Å². The summed E-state index contributed by atoms with van der Waals surface area (Å²) in [6.45, 7) is 6.38. The fourth-order valence-electron chi connectivity index (χ4n) is 4.04. The van der Waals surface area contributed by atoms with Crippen LogP contribution >= 0.6 is 11.3 Å². The molecule has 0 spiro atoms. The van der Waals surface area contributed by atoms with Crippen molar-refractivity contribution >= 4 is 33.0 Å². The molecule has 0 atom stereocenters. The highest BCUT2D eigenvalue weighted by Gasteiger charge is 2.32. The second-order valence-corrected chi connectivity index (χ2v) is 11.1. The Hall–Kier alpha value is -2.88. The number of hydrogen-bond donors (Lipinski definition) is 1. The van der Waals surface area contributed by atoms with Crippen LogP contribution in [-0.4, -0.2) is 51.9 Å². The summed E-state index contributed by atoms with van der Waals surface area (Å²) in [5.41, 5.74) is 4.40. The van der Waals surface area contributed by atoms with E-state index in [-0.39, 0.29) is 9.77 Å². The lowest BCUT2D eigenvalue weighted by Crippen LogP contribution is -2.49. The topological polar surface area (TPSA) is 78.9 Å². The lowest BCUT2D eigenvalue weighted by molar-refractivity contribution is 0.0952. The smallest absolute Gasteiger partial charge is 0.263 e. The van der Waals surface area contributed by atoms with Crippen molar-refractivity contribution in [3.05, 3.63) is 75.5 Å². The van der Waals surface area contributed by atoms with Crippen molar-refractivity contribution in [1.82, 2.24) is 9.62 Å². The van der Waals surface area contributed by atoms with Crippen molar-refractivity contribution in [3.63, 3.8) is 0 Å². The predicted molar refractivity (Wildman–Crippen MR) is 135 cm³/mol. The Balaban J connectivity index is 1.43. The van der Waals surface area contributed by atoms with Gasteiger partial charge in [0.05, 0.1) is 7.11 Å². The maximum atomic E-state index is 13.4. The number of hydrogen-bond acceptors (Lipinski definition) is 6. The summed E-state index contributed by atoms with van der Waals surface area (Å²) in [5.74, 6) is 0.345. The minimum Gasteiger partial charge on any atom is -0.497 e. The fraction of sp³-hybridized carbons (Fsp3) is 0.320. The molecule has 1 amide bonds. The molecule has 0 bridgehead atoms. The summed E-state index contributed by atoms with van der Waals surface area (Å²) < 4.78 is 33.4. The number of nitrogens with one attached hydrogen (secondary N) is 1. The molecule has 2 aromatic carbocycles. The number of piperazine rings is 1. The highest BCUT2D eigenvalue weighted by atomic mass is 32.2. The average Bonchev–Trinajstić information content (AvgIpc) is 3.36. The molecule has 0 saturated carbocycles. The number of aryl methyl sites for hydroxylation is 2. The molecule has 0 radical (unpaired) electrons. The Kier molecular flexibility index (Phi) is 7.25. The highest BCUT2D eigenvalue weighted by Crippen LogP contribution is 2.28. The number of nitrogens with zero attached hydrogens (tertiary/aromatic N) is 2. The van der Waals surface area contributed by atoms with Gasteiger partial charge in [0, 0.05) is 38.4 Å². The number of sulfonamides is 1. The van der Waals surface area contributed by atoms with Crippen molar-refractivity contribution in [2.75, 3.05) is 38.2 Å². The Bertz CT molecular complexity index is 1260. The number of rotatable bonds is 7. The summed E-state index contributed by atoms with van der Waals surface area (Å²) >= 11 is 1.14. The Morgan fingerprint density at radius 1 is 1.03 bits per heavy atom. The number of amides is 1. The Labute approximate surface area is 205 Å². The van der Waals surface area contributed by atoms with E-state index in [1.54, 1.807) is 12.5 Å². The van der Waals surface area contributed by atoms with Crippen molar-refractivity contribution < 1.29 is 17.9 Å². The van der Waals surface area contributed by atoms with Gasteiger partial charge < -0.3 is 15.0 Å². The van der Waals surface area contributed by atoms with Crippen LogP contribution in [-0.2, 0) is 16.6 Å². The molecule has 1 saturated heterocycles. The predicted octanol–water partition coefficient (Wildman–Crippen LogP) is 3.81. The molecule has 4 rings (SSSR count). The first kappa shape index (κ1) is 24.3. The normalized spacial score (nSPS) is 14.7. The molecular weight excluding hydrogens is 470 g/mol. The van der Waals surface area contributed by atoms with Gasteiger partial charge in [-0.1, -0.05) is 24.3 Å². The maximum absolute atomic E-state index is 13.4. The van der Waals surface area contributed by atoms with E-state index in [0.29, 0.717) is 32.7 Å². The molecule has 1 fully saturated rings. The van der Waals surface area contributed by atoms with E-state index in [0.717, 1.165) is 28.3 Å². The largest absolute Gasteiger partial charge is 0.497 e. The van der Waals surface area contributed by atoms with Crippen LogP contribution < -0.4 is 15.0 Å². The number of carbonyl (C=O) groups is 1. The average molecular weight is 500 g/mol. The van der Waals surface area contributed by atoms with Gasteiger partial charge in [-0.25, -0.2) is 8.42 Å². The SMILES string of the molecule is COc1ccc(CNC(=O)c2sccc2S(=O)(=O)N2CCN(c3cc(C)ccc3C)CC2)cc1. The molecule has 3 aromatic rings. The van der Waals surface area contributed by atoms with Crippen LogP contribution in [0.4, 0.5) is 5.69 Å². The van der Waals surface area contributed by atoms with Crippen molar-refractivity contribution in [2.24, 2.45) is 0 Å². The lowest BCUT2D eigenvalue weighted by atomic mass is 10.1. The van der Waals surface area contributed by atoms with E-state index in [4.69, 9.17) is 4.74 Å². The van der Waals surface area contributed by atoms with E-state index in [2.05, 4.69) is 42.3 Å². The molecule has 7 nitrogen and oxygen atoms in total. The molecule has 1 aliphatic rings. The van der Waals surface area contributed by atoms with Crippen molar-refractivity contribution in [1.29, 1.82) is 0 Å². The monoisotopic (exact) mass is 499 g/mol. The van der Waals surface area contributed by atoms with E-state index in [1.807, 2.05) is 24.3 Å². The van der Waals surface area contributed by atoms with Gasteiger partial charge >= 0.3 is 0 Å². The summed E-state index contributed by atoms with van der Waals surface area (Å²) in [5, 5.41) is 4.49.